The van der Waals surface area contributed by atoms with Crippen molar-refractivity contribution >= 4 is 46.6 Å². The third kappa shape index (κ3) is 5.75. The van der Waals surface area contributed by atoms with Crippen LogP contribution in [-0.2, 0) is 9.53 Å². The first-order valence-electron chi connectivity index (χ1n) is 11.5. The summed E-state index contributed by atoms with van der Waals surface area (Å²) in [6, 6.07) is 5.53. The first-order chi connectivity index (χ1) is 18.0. The molecule has 15 heteroatoms. The highest BCUT2D eigenvalue weighted by molar-refractivity contribution is 6.33. The van der Waals surface area contributed by atoms with Crippen molar-refractivity contribution < 1.29 is 32.8 Å². The van der Waals surface area contributed by atoms with E-state index in [-0.39, 0.29) is 72.8 Å². The van der Waals surface area contributed by atoms with Crippen molar-refractivity contribution in [3.05, 3.63) is 62.7 Å². The van der Waals surface area contributed by atoms with Crippen molar-refractivity contribution in [1.29, 1.82) is 0 Å². The van der Waals surface area contributed by atoms with Gasteiger partial charge in [-0.05, 0) is 6.07 Å². The summed E-state index contributed by atoms with van der Waals surface area (Å²) in [5.74, 6) is -2.77. The van der Waals surface area contributed by atoms with Gasteiger partial charge in [0.25, 0.3) is 11.6 Å². The molecule has 2 N–H and O–H groups in total. The number of nitro benzene ring substituents is 1. The van der Waals surface area contributed by atoms with Gasteiger partial charge in [-0.1, -0.05) is 11.6 Å². The number of halogens is 3. The lowest BCUT2D eigenvalue weighted by Crippen LogP contribution is -2.43. The van der Waals surface area contributed by atoms with E-state index < -0.39 is 34.7 Å². The highest BCUT2D eigenvalue weighted by Crippen LogP contribution is 2.31. The number of hydrazine groups is 1. The highest BCUT2D eigenvalue weighted by Gasteiger charge is 2.34. The number of carbonyl (C=O) groups is 3. The van der Waals surface area contributed by atoms with Crippen LogP contribution in [-0.4, -0.2) is 73.2 Å². The minimum absolute atomic E-state index is 0.00224. The van der Waals surface area contributed by atoms with Crippen LogP contribution in [0.2, 0.25) is 5.02 Å². The average molecular weight is 553 g/mol. The predicted octanol–water partition coefficient (Wildman–Crippen LogP) is 2.45. The second-order valence-electron chi connectivity index (χ2n) is 8.58. The molecule has 2 aliphatic heterocycles. The summed E-state index contributed by atoms with van der Waals surface area (Å²) in [6.45, 7) is 1.66. The molecule has 0 aromatic heterocycles. The zero-order valence-electron chi connectivity index (χ0n) is 20.1. The molecule has 0 saturated carbocycles. The van der Waals surface area contributed by atoms with Gasteiger partial charge in [-0.2, -0.15) is 0 Å². The number of rotatable bonds is 6. The molecule has 12 nitrogen and oxygen atoms in total. The summed E-state index contributed by atoms with van der Waals surface area (Å²) in [5, 5.41) is 14.8. The van der Waals surface area contributed by atoms with Crippen LogP contribution in [0, 0.1) is 21.7 Å². The second-order valence-corrected chi connectivity index (χ2v) is 8.99. The fourth-order valence-corrected chi connectivity index (χ4v) is 4.37. The zero-order valence-corrected chi connectivity index (χ0v) is 20.8. The lowest BCUT2D eigenvalue weighted by atomic mass is 10.2. The van der Waals surface area contributed by atoms with Gasteiger partial charge in [0, 0.05) is 50.8 Å². The molecule has 4 rings (SSSR count). The Hall–Kier alpha value is -4.04. The van der Waals surface area contributed by atoms with Crippen LogP contribution in [0.15, 0.2) is 30.3 Å². The Labute approximate surface area is 220 Å². The molecule has 2 saturated heterocycles. The normalized spacial score (nSPS) is 17.7. The van der Waals surface area contributed by atoms with E-state index in [4.69, 9.17) is 16.3 Å². The van der Waals surface area contributed by atoms with Crippen LogP contribution < -0.4 is 20.5 Å². The van der Waals surface area contributed by atoms with Gasteiger partial charge in [0.1, 0.15) is 11.8 Å². The first kappa shape index (κ1) is 27.0. The number of amides is 3. The van der Waals surface area contributed by atoms with E-state index in [2.05, 4.69) is 10.7 Å². The summed E-state index contributed by atoms with van der Waals surface area (Å²) in [7, 11) is 0. The van der Waals surface area contributed by atoms with Crippen LogP contribution in [0.25, 0.3) is 0 Å². The number of nitro groups is 1. The van der Waals surface area contributed by atoms with E-state index in [1.807, 2.05) is 0 Å². The van der Waals surface area contributed by atoms with E-state index in [9.17, 15) is 24.5 Å². The van der Waals surface area contributed by atoms with Crippen molar-refractivity contribution in [1.82, 2.24) is 15.8 Å². The number of benzene rings is 2. The molecule has 2 fully saturated rings. The second kappa shape index (κ2) is 11.1. The van der Waals surface area contributed by atoms with Crippen LogP contribution in [0.5, 0.6) is 0 Å². The zero-order chi connectivity index (χ0) is 27.6. The number of cyclic esters (lactones) is 1. The number of hydrogen-bond acceptors (Lipinski definition) is 8. The monoisotopic (exact) mass is 552 g/mol. The molecule has 0 radical (unpaired) electrons. The molecule has 2 aromatic rings. The highest BCUT2D eigenvalue weighted by atomic mass is 35.5. The number of anilines is 2. The van der Waals surface area contributed by atoms with Crippen molar-refractivity contribution in [2.45, 2.75) is 13.0 Å². The topological polar surface area (TPSA) is 137 Å². The minimum Gasteiger partial charge on any atom is -0.442 e. The Morgan fingerprint density at radius 3 is 2.58 bits per heavy atom. The number of non-ortho nitro benzene ring substituents is 1. The molecule has 38 heavy (non-hydrogen) atoms. The third-order valence-electron chi connectivity index (χ3n) is 6.00. The van der Waals surface area contributed by atoms with Crippen LogP contribution in [0.4, 0.5) is 30.6 Å². The smallest absolute Gasteiger partial charge is 0.414 e. The molecular formula is C23H23ClF2N6O6. The SMILES string of the molecule is CC(=O)NC[C@H]1CN(c2cc(F)c(N3CCNN(C(=O)c4cc([N+](=O)[O-])ccc4Cl)CC3)c(F)c2)C(=O)O1. The maximum Gasteiger partial charge on any atom is 0.414 e. The Kier molecular flexibility index (Phi) is 7.92. The summed E-state index contributed by atoms with van der Waals surface area (Å²) in [6.07, 6.45) is -1.46. The van der Waals surface area contributed by atoms with Crippen molar-refractivity contribution in [3.63, 3.8) is 0 Å². The predicted molar refractivity (Wildman–Crippen MR) is 132 cm³/mol. The number of carbonyl (C=O) groups excluding carboxylic acids is 3. The third-order valence-corrected chi connectivity index (χ3v) is 6.33. The Balaban J connectivity index is 1.47. The molecule has 202 valence electrons. The van der Waals surface area contributed by atoms with Crippen molar-refractivity contribution in [3.8, 4) is 0 Å². The number of hydrogen-bond donors (Lipinski definition) is 2. The molecule has 0 spiro atoms. The molecule has 2 aromatic carbocycles. The summed E-state index contributed by atoms with van der Waals surface area (Å²) >= 11 is 6.08. The maximum atomic E-state index is 15.2. The fourth-order valence-electron chi connectivity index (χ4n) is 4.17. The van der Waals surface area contributed by atoms with E-state index in [0.717, 1.165) is 23.1 Å². The molecule has 0 unspecified atom stereocenters. The van der Waals surface area contributed by atoms with Crippen LogP contribution in [0.1, 0.15) is 17.3 Å². The van der Waals surface area contributed by atoms with Gasteiger partial charge in [-0.3, -0.25) is 29.6 Å². The fraction of sp³-hybridized carbons (Fsp3) is 0.348. The lowest BCUT2D eigenvalue weighted by molar-refractivity contribution is -0.384. The van der Waals surface area contributed by atoms with Gasteiger partial charge < -0.3 is 15.0 Å². The Bertz CT molecular complexity index is 1270. The van der Waals surface area contributed by atoms with E-state index >= 15 is 8.78 Å². The van der Waals surface area contributed by atoms with E-state index in [0.29, 0.717) is 0 Å². The summed E-state index contributed by atoms with van der Waals surface area (Å²) in [4.78, 5) is 49.2. The summed E-state index contributed by atoms with van der Waals surface area (Å²) in [5.41, 5.74) is 2.09. The van der Waals surface area contributed by atoms with Gasteiger partial charge in [0.15, 0.2) is 11.6 Å². The van der Waals surface area contributed by atoms with Gasteiger partial charge in [-0.25, -0.2) is 19.0 Å². The van der Waals surface area contributed by atoms with Gasteiger partial charge in [0.05, 0.1) is 40.8 Å². The number of nitrogens with one attached hydrogen (secondary N) is 2. The number of ether oxygens (including phenoxy) is 1. The first-order valence-corrected chi connectivity index (χ1v) is 11.9. The van der Waals surface area contributed by atoms with Gasteiger partial charge >= 0.3 is 6.09 Å². The quantitative estimate of drug-likeness (QED) is 0.412. The van der Waals surface area contributed by atoms with Crippen LogP contribution in [0.3, 0.4) is 0 Å². The summed E-state index contributed by atoms with van der Waals surface area (Å²) < 4.78 is 35.5. The molecule has 2 heterocycles. The van der Waals surface area contributed by atoms with E-state index in [1.165, 1.54) is 29.0 Å². The standard InChI is InChI=1S/C23H23ClF2N6O6/c1-13(33)27-11-16-12-30(23(35)38-16)15-9-19(25)21(20(26)10-15)29-5-4-28-31(7-6-29)22(34)17-8-14(32(36)37)2-3-18(17)24/h2-3,8-10,16,28H,4-7,11-12H2,1H3,(H,27,33)/t16-/m0/s1. The molecule has 2 aliphatic rings. The largest absolute Gasteiger partial charge is 0.442 e. The van der Waals surface area contributed by atoms with Crippen LogP contribution >= 0.6 is 11.6 Å². The van der Waals surface area contributed by atoms with Gasteiger partial charge in [0.2, 0.25) is 5.91 Å². The molecule has 0 aliphatic carbocycles. The van der Waals surface area contributed by atoms with Crippen molar-refractivity contribution in [2.24, 2.45) is 0 Å². The van der Waals surface area contributed by atoms with Gasteiger partial charge in [-0.15, -0.1) is 0 Å². The minimum atomic E-state index is -0.917. The molecular weight excluding hydrogens is 530 g/mol. The number of nitrogens with zero attached hydrogens (tertiary/aromatic N) is 4. The Morgan fingerprint density at radius 2 is 1.92 bits per heavy atom. The Morgan fingerprint density at radius 1 is 1.21 bits per heavy atom. The lowest BCUT2D eigenvalue weighted by Gasteiger charge is -2.25. The van der Waals surface area contributed by atoms with E-state index in [1.54, 1.807) is 0 Å². The maximum absolute atomic E-state index is 15.2. The average Bonchev–Trinajstić information content (AvgIpc) is 3.06. The molecule has 3 amide bonds. The molecule has 0 bridgehead atoms. The molecule has 1 atom stereocenters. The van der Waals surface area contributed by atoms with Crippen molar-refractivity contribution in [2.75, 3.05) is 49.1 Å².